The van der Waals surface area contributed by atoms with Crippen LogP contribution in [-0.4, -0.2) is 21.1 Å². The SMILES string of the molecule is O=C(Cc1ccc(C(F)(F)F)nc1)Nc1cc([C@@H]2C[CH]CC2)[nH]n1. The summed E-state index contributed by atoms with van der Waals surface area (Å²) in [5.74, 6) is 0.469. The van der Waals surface area contributed by atoms with Gasteiger partial charge in [-0.15, -0.1) is 0 Å². The molecule has 0 saturated heterocycles. The minimum Gasteiger partial charge on any atom is -0.309 e. The number of hydrogen-bond acceptors (Lipinski definition) is 3. The number of nitrogens with one attached hydrogen (secondary N) is 2. The van der Waals surface area contributed by atoms with E-state index in [-0.39, 0.29) is 12.3 Å². The Morgan fingerprint density at radius 2 is 2.21 bits per heavy atom. The van der Waals surface area contributed by atoms with Crippen LogP contribution in [0.1, 0.15) is 42.1 Å². The molecule has 24 heavy (non-hydrogen) atoms. The lowest BCUT2D eigenvalue weighted by Gasteiger charge is -2.06. The van der Waals surface area contributed by atoms with Crippen LogP contribution in [0.15, 0.2) is 24.4 Å². The smallest absolute Gasteiger partial charge is 0.309 e. The molecule has 2 heterocycles. The van der Waals surface area contributed by atoms with Crippen LogP contribution in [0.25, 0.3) is 0 Å². The second kappa shape index (κ2) is 6.62. The Bertz CT molecular complexity index is 703. The Kier molecular flexibility index (Phi) is 4.55. The van der Waals surface area contributed by atoms with Crippen molar-refractivity contribution in [3.8, 4) is 0 Å². The number of nitrogens with zero attached hydrogens (tertiary/aromatic N) is 2. The van der Waals surface area contributed by atoms with E-state index in [1.165, 1.54) is 6.07 Å². The van der Waals surface area contributed by atoms with Crippen LogP contribution in [0, 0.1) is 6.42 Å². The maximum absolute atomic E-state index is 12.4. The van der Waals surface area contributed by atoms with E-state index in [1.807, 2.05) is 0 Å². The average molecular weight is 337 g/mol. The number of amides is 1. The molecule has 1 aliphatic carbocycles. The van der Waals surface area contributed by atoms with Crippen molar-refractivity contribution in [2.45, 2.75) is 37.8 Å². The number of anilines is 1. The van der Waals surface area contributed by atoms with Crippen LogP contribution in [0.2, 0.25) is 0 Å². The molecule has 127 valence electrons. The zero-order valence-corrected chi connectivity index (χ0v) is 12.7. The van der Waals surface area contributed by atoms with Crippen molar-refractivity contribution in [2.24, 2.45) is 0 Å². The lowest BCUT2D eigenvalue weighted by molar-refractivity contribution is -0.141. The highest BCUT2D eigenvalue weighted by Crippen LogP contribution is 2.33. The largest absolute Gasteiger partial charge is 0.433 e. The summed E-state index contributed by atoms with van der Waals surface area (Å²) in [7, 11) is 0. The quantitative estimate of drug-likeness (QED) is 0.897. The van der Waals surface area contributed by atoms with Crippen molar-refractivity contribution in [1.29, 1.82) is 0 Å². The van der Waals surface area contributed by atoms with Gasteiger partial charge < -0.3 is 5.32 Å². The van der Waals surface area contributed by atoms with Crippen molar-refractivity contribution in [1.82, 2.24) is 15.2 Å². The predicted octanol–water partition coefficient (Wildman–Crippen LogP) is 3.48. The Labute approximate surface area is 136 Å². The summed E-state index contributed by atoms with van der Waals surface area (Å²) in [6.45, 7) is 0. The van der Waals surface area contributed by atoms with Gasteiger partial charge in [0.2, 0.25) is 5.91 Å². The van der Waals surface area contributed by atoms with Gasteiger partial charge in [-0.3, -0.25) is 14.9 Å². The topological polar surface area (TPSA) is 70.7 Å². The first-order chi connectivity index (χ1) is 11.4. The fourth-order valence-corrected chi connectivity index (χ4v) is 2.72. The minimum absolute atomic E-state index is 0.0649. The molecular weight excluding hydrogens is 321 g/mol. The van der Waals surface area contributed by atoms with E-state index in [9.17, 15) is 18.0 Å². The third kappa shape index (κ3) is 3.93. The monoisotopic (exact) mass is 337 g/mol. The molecule has 2 aromatic heterocycles. The van der Waals surface area contributed by atoms with Crippen LogP contribution in [0.3, 0.4) is 0 Å². The molecule has 0 spiro atoms. The van der Waals surface area contributed by atoms with Gasteiger partial charge >= 0.3 is 6.18 Å². The highest BCUT2D eigenvalue weighted by Gasteiger charge is 2.32. The molecule has 1 amide bonds. The first-order valence-electron chi connectivity index (χ1n) is 7.61. The molecule has 2 N–H and O–H groups in total. The van der Waals surface area contributed by atoms with Gasteiger partial charge in [0.15, 0.2) is 5.82 Å². The molecule has 3 rings (SSSR count). The van der Waals surface area contributed by atoms with E-state index in [0.29, 0.717) is 17.3 Å². The second-order valence-corrected chi connectivity index (χ2v) is 5.78. The maximum atomic E-state index is 12.4. The second-order valence-electron chi connectivity index (χ2n) is 5.78. The van der Waals surface area contributed by atoms with Gasteiger partial charge in [0.1, 0.15) is 5.69 Å². The molecule has 0 unspecified atom stereocenters. The van der Waals surface area contributed by atoms with E-state index >= 15 is 0 Å². The van der Waals surface area contributed by atoms with Gasteiger partial charge in [-0.05, 0) is 37.3 Å². The molecule has 0 aromatic carbocycles. The average Bonchev–Trinajstić information content (AvgIpc) is 3.17. The first-order valence-corrected chi connectivity index (χ1v) is 7.61. The summed E-state index contributed by atoms with van der Waals surface area (Å²) in [6.07, 6.45) is 1.87. The van der Waals surface area contributed by atoms with Crippen LogP contribution < -0.4 is 5.32 Å². The third-order valence-electron chi connectivity index (χ3n) is 3.96. The number of aromatic nitrogens is 3. The fourth-order valence-electron chi connectivity index (χ4n) is 2.72. The van der Waals surface area contributed by atoms with E-state index in [1.54, 1.807) is 6.07 Å². The molecule has 8 heteroatoms. The number of carbonyl (C=O) groups excluding carboxylic acids is 1. The molecule has 1 atom stereocenters. The molecule has 5 nitrogen and oxygen atoms in total. The number of alkyl halides is 3. The van der Waals surface area contributed by atoms with Crippen molar-refractivity contribution in [3.05, 3.63) is 47.8 Å². The van der Waals surface area contributed by atoms with Crippen molar-refractivity contribution in [2.75, 3.05) is 5.32 Å². The summed E-state index contributed by atoms with van der Waals surface area (Å²) in [4.78, 5) is 15.3. The van der Waals surface area contributed by atoms with E-state index in [4.69, 9.17) is 0 Å². The number of rotatable bonds is 4. The van der Waals surface area contributed by atoms with Gasteiger partial charge in [0, 0.05) is 23.9 Å². The molecule has 0 aliphatic heterocycles. The van der Waals surface area contributed by atoms with Crippen molar-refractivity contribution < 1.29 is 18.0 Å². The molecule has 1 fully saturated rings. The van der Waals surface area contributed by atoms with Gasteiger partial charge in [0.25, 0.3) is 0 Å². The van der Waals surface area contributed by atoms with Crippen LogP contribution in [-0.2, 0) is 17.4 Å². The molecule has 1 radical (unpaired) electrons. The molecule has 1 aliphatic rings. The number of halogens is 3. The van der Waals surface area contributed by atoms with Gasteiger partial charge in [-0.2, -0.15) is 18.3 Å². The highest BCUT2D eigenvalue weighted by atomic mass is 19.4. The van der Waals surface area contributed by atoms with Crippen LogP contribution in [0.5, 0.6) is 0 Å². The maximum Gasteiger partial charge on any atom is 0.433 e. The van der Waals surface area contributed by atoms with Gasteiger partial charge in [-0.1, -0.05) is 6.07 Å². The van der Waals surface area contributed by atoms with E-state index in [0.717, 1.165) is 37.2 Å². The number of aromatic amines is 1. The molecular formula is C16H16F3N4O. The summed E-state index contributed by atoms with van der Waals surface area (Å²) in [5.41, 5.74) is 0.411. The number of pyridine rings is 1. The van der Waals surface area contributed by atoms with Crippen LogP contribution in [0.4, 0.5) is 19.0 Å². The third-order valence-corrected chi connectivity index (χ3v) is 3.96. The Morgan fingerprint density at radius 1 is 1.38 bits per heavy atom. The number of H-pyrrole nitrogens is 1. The number of carbonyl (C=O) groups is 1. The molecule has 2 aromatic rings. The Morgan fingerprint density at radius 3 is 2.83 bits per heavy atom. The zero-order chi connectivity index (χ0) is 17.2. The Hall–Kier alpha value is -2.38. The summed E-state index contributed by atoms with van der Waals surface area (Å²) in [5, 5.41) is 9.61. The van der Waals surface area contributed by atoms with Crippen molar-refractivity contribution >= 4 is 11.7 Å². The van der Waals surface area contributed by atoms with Crippen LogP contribution >= 0.6 is 0 Å². The van der Waals surface area contributed by atoms with E-state index in [2.05, 4.69) is 26.9 Å². The Balaban J connectivity index is 1.57. The normalized spacial score (nSPS) is 15.6. The minimum atomic E-state index is -4.48. The highest BCUT2D eigenvalue weighted by molar-refractivity contribution is 5.91. The summed E-state index contributed by atoms with van der Waals surface area (Å²) >= 11 is 0. The lowest BCUT2D eigenvalue weighted by Crippen LogP contribution is -2.15. The van der Waals surface area contributed by atoms with Gasteiger partial charge in [0.05, 0.1) is 6.42 Å². The summed E-state index contributed by atoms with van der Waals surface area (Å²) < 4.78 is 37.3. The molecule has 0 bridgehead atoms. The predicted molar refractivity (Wildman–Crippen MR) is 81.1 cm³/mol. The van der Waals surface area contributed by atoms with E-state index < -0.39 is 11.9 Å². The zero-order valence-electron chi connectivity index (χ0n) is 12.7. The lowest BCUT2D eigenvalue weighted by atomic mass is 10.0. The summed E-state index contributed by atoms with van der Waals surface area (Å²) in [6, 6.07) is 3.92. The molecule has 1 saturated carbocycles. The fraction of sp³-hybridized carbons (Fsp3) is 0.375. The van der Waals surface area contributed by atoms with Crippen molar-refractivity contribution in [3.63, 3.8) is 0 Å². The standard InChI is InChI=1S/C16H16F3N4O/c17-16(18,19)13-6-5-10(9-20-13)7-15(24)21-14-8-12(22-23-14)11-3-1-2-4-11/h1,5-6,8-9,11H,2-4,7H2,(H2,21,22,23,24)/t11-/m1/s1. The van der Waals surface area contributed by atoms with Gasteiger partial charge in [-0.25, -0.2) is 0 Å². The number of hydrogen-bond donors (Lipinski definition) is 2. The first kappa shape index (κ1) is 16.5.